The first-order chi connectivity index (χ1) is 8.72. The number of benzene rings is 1. The van der Waals surface area contributed by atoms with Gasteiger partial charge in [0, 0.05) is 0 Å². The molecule has 0 spiro atoms. The summed E-state index contributed by atoms with van der Waals surface area (Å²) in [4.78, 5) is 0. The van der Waals surface area contributed by atoms with Crippen LogP contribution in [0.2, 0.25) is 0 Å². The third-order valence-corrected chi connectivity index (χ3v) is 2.79. The number of aromatic nitrogens is 4. The Morgan fingerprint density at radius 1 is 1.44 bits per heavy atom. The molecule has 96 valence electrons. The van der Waals surface area contributed by atoms with Crippen LogP contribution < -0.4 is 5.32 Å². The van der Waals surface area contributed by atoms with Crippen LogP contribution >= 0.6 is 0 Å². The summed E-state index contributed by atoms with van der Waals surface area (Å²) in [7, 11) is 0. The van der Waals surface area contributed by atoms with Crippen LogP contribution in [-0.2, 0) is 6.54 Å². The van der Waals surface area contributed by atoms with E-state index in [4.69, 9.17) is 0 Å². The van der Waals surface area contributed by atoms with Gasteiger partial charge in [-0.2, -0.15) is 0 Å². The van der Waals surface area contributed by atoms with Crippen LogP contribution in [0.15, 0.2) is 24.3 Å². The quantitative estimate of drug-likeness (QED) is 0.873. The lowest BCUT2D eigenvalue weighted by Gasteiger charge is -2.14. The molecule has 0 aliphatic rings. The van der Waals surface area contributed by atoms with Gasteiger partial charge in [-0.05, 0) is 41.6 Å². The Labute approximate surface area is 105 Å². The standard InChI is InChI=1S/C12H16FN5/c1-3-14-8-12-15-16-17-18(12)9(2)10-5-4-6-11(13)7-10/h4-7,9,14H,3,8H2,1-2H3. The minimum absolute atomic E-state index is 0.0932. The molecule has 0 fully saturated rings. The predicted octanol–water partition coefficient (Wildman–Crippen LogP) is 1.53. The van der Waals surface area contributed by atoms with Crippen LogP contribution in [0.1, 0.15) is 31.3 Å². The number of halogens is 1. The van der Waals surface area contributed by atoms with E-state index in [2.05, 4.69) is 20.8 Å². The van der Waals surface area contributed by atoms with Gasteiger partial charge in [0.15, 0.2) is 5.82 Å². The van der Waals surface area contributed by atoms with E-state index in [1.54, 1.807) is 10.7 Å². The average molecular weight is 249 g/mol. The number of tetrazole rings is 1. The summed E-state index contributed by atoms with van der Waals surface area (Å²) < 4.78 is 14.9. The second-order valence-corrected chi connectivity index (χ2v) is 4.05. The molecule has 1 heterocycles. The topological polar surface area (TPSA) is 55.6 Å². The molecule has 0 aliphatic heterocycles. The molecule has 5 nitrogen and oxygen atoms in total. The molecule has 0 aliphatic carbocycles. The van der Waals surface area contributed by atoms with Crippen LogP contribution in [0.3, 0.4) is 0 Å². The third kappa shape index (κ3) is 2.70. The summed E-state index contributed by atoms with van der Waals surface area (Å²) in [6.07, 6.45) is 0. The van der Waals surface area contributed by atoms with E-state index >= 15 is 0 Å². The first kappa shape index (κ1) is 12.6. The zero-order valence-corrected chi connectivity index (χ0v) is 10.5. The van der Waals surface area contributed by atoms with Crippen molar-refractivity contribution in [1.29, 1.82) is 0 Å². The van der Waals surface area contributed by atoms with Gasteiger partial charge in [0.05, 0.1) is 12.6 Å². The summed E-state index contributed by atoms with van der Waals surface area (Å²) in [6.45, 7) is 5.41. The molecule has 18 heavy (non-hydrogen) atoms. The van der Waals surface area contributed by atoms with E-state index in [1.807, 2.05) is 19.9 Å². The number of rotatable bonds is 5. The Morgan fingerprint density at radius 2 is 2.28 bits per heavy atom. The SMILES string of the molecule is CCNCc1nnnn1C(C)c1cccc(F)c1. The van der Waals surface area contributed by atoms with Crippen molar-refractivity contribution < 1.29 is 4.39 Å². The van der Waals surface area contributed by atoms with Gasteiger partial charge in [0.1, 0.15) is 5.82 Å². The van der Waals surface area contributed by atoms with Gasteiger partial charge < -0.3 is 5.32 Å². The normalized spacial score (nSPS) is 12.6. The highest BCUT2D eigenvalue weighted by molar-refractivity contribution is 5.20. The van der Waals surface area contributed by atoms with E-state index in [9.17, 15) is 4.39 Å². The number of nitrogens with one attached hydrogen (secondary N) is 1. The van der Waals surface area contributed by atoms with Crippen molar-refractivity contribution in [2.24, 2.45) is 0 Å². The molecule has 1 aromatic heterocycles. The first-order valence-corrected chi connectivity index (χ1v) is 5.95. The van der Waals surface area contributed by atoms with Crippen molar-refractivity contribution in [2.45, 2.75) is 26.4 Å². The zero-order chi connectivity index (χ0) is 13.0. The molecule has 0 bridgehead atoms. The Hall–Kier alpha value is -1.82. The van der Waals surface area contributed by atoms with Gasteiger partial charge in [-0.3, -0.25) is 0 Å². The molecule has 6 heteroatoms. The van der Waals surface area contributed by atoms with Crippen molar-refractivity contribution in [3.63, 3.8) is 0 Å². The van der Waals surface area contributed by atoms with Gasteiger partial charge in [-0.15, -0.1) is 5.10 Å². The first-order valence-electron chi connectivity index (χ1n) is 5.95. The Morgan fingerprint density at radius 3 is 3.00 bits per heavy atom. The van der Waals surface area contributed by atoms with E-state index < -0.39 is 0 Å². The molecule has 0 radical (unpaired) electrons. The van der Waals surface area contributed by atoms with E-state index in [0.29, 0.717) is 6.54 Å². The highest BCUT2D eigenvalue weighted by atomic mass is 19.1. The monoisotopic (exact) mass is 249 g/mol. The lowest BCUT2D eigenvalue weighted by Crippen LogP contribution is -2.19. The van der Waals surface area contributed by atoms with Crippen LogP contribution in [0.5, 0.6) is 0 Å². The molecule has 1 N–H and O–H groups in total. The fourth-order valence-electron chi connectivity index (χ4n) is 1.77. The largest absolute Gasteiger partial charge is 0.310 e. The fraction of sp³-hybridized carbons (Fsp3) is 0.417. The molecule has 0 saturated carbocycles. The third-order valence-electron chi connectivity index (χ3n) is 2.79. The minimum Gasteiger partial charge on any atom is -0.310 e. The highest BCUT2D eigenvalue weighted by Crippen LogP contribution is 2.18. The second kappa shape index (κ2) is 5.68. The Balaban J connectivity index is 2.23. The predicted molar refractivity (Wildman–Crippen MR) is 65.4 cm³/mol. The molecule has 0 saturated heterocycles. The van der Waals surface area contributed by atoms with Crippen molar-refractivity contribution in [1.82, 2.24) is 25.5 Å². The maximum absolute atomic E-state index is 13.2. The maximum Gasteiger partial charge on any atom is 0.165 e. The molecular weight excluding hydrogens is 233 g/mol. The molecule has 1 unspecified atom stereocenters. The lowest BCUT2D eigenvalue weighted by molar-refractivity contribution is 0.505. The molecule has 2 rings (SSSR count). The van der Waals surface area contributed by atoms with Crippen molar-refractivity contribution in [2.75, 3.05) is 6.54 Å². The van der Waals surface area contributed by atoms with Crippen molar-refractivity contribution in [3.05, 3.63) is 41.5 Å². The molecule has 1 aromatic carbocycles. The number of hydrogen-bond donors (Lipinski definition) is 1. The molecule has 0 amide bonds. The summed E-state index contributed by atoms with van der Waals surface area (Å²) in [5.41, 5.74) is 0.847. The second-order valence-electron chi connectivity index (χ2n) is 4.05. The summed E-state index contributed by atoms with van der Waals surface area (Å²) in [6, 6.07) is 6.39. The van der Waals surface area contributed by atoms with E-state index in [-0.39, 0.29) is 11.9 Å². The zero-order valence-electron chi connectivity index (χ0n) is 10.5. The summed E-state index contributed by atoms with van der Waals surface area (Å²) in [5, 5.41) is 14.8. The van der Waals surface area contributed by atoms with Gasteiger partial charge in [0.2, 0.25) is 0 Å². The van der Waals surface area contributed by atoms with Gasteiger partial charge in [0.25, 0.3) is 0 Å². The summed E-state index contributed by atoms with van der Waals surface area (Å²) in [5.74, 6) is 0.495. The Bertz CT molecular complexity index is 511. The average Bonchev–Trinajstić information content (AvgIpc) is 2.83. The maximum atomic E-state index is 13.2. The van der Waals surface area contributed by atoms with Crippen molar-refractivity contribution in [3.8, 4) is 0 Å². The molecule has 1 atom stereocenters. The van der Waals surface area contributed by atoms with Crippen LogP contribution in [0.25, 0.3) is 0 Å². The molecule has 2 aromatic rings. The fourth-order valence-corrected chi connectivity index (χ4v) is 1.77. The summed E-state index contributed by atoms with van der Waals surface area (Å²) >= 11 is 0. The number of nitrogens with zero attached hydrogens (tertiary/aromatic N) is 4. The van der Waals surface area contributed by atoms with Crippen molar-refractivity contribution >= 4 is 0 Å². The number of hydrogen-bond acceptors (Lipinski definition) is 4. The highest BCUT2D eigenvalue weighted by Gasteiger charge is 2.14. The van der Waals surface area contributed by atoms with Crippen LogP contribution in [-0.4, -0.2) is 26.8 Å². The van der Waals surface area contributed by atoms with Crippen LogP contribution in [0.4, 0.5) is 4.39 Å². The van der Waals surface area contributed by atoms with E-state index in [1.165, 1.54) is 12.1 Å². The molecular formula is C12H16FN5. The van der Waals surface area contributed by atoms with Gasteiger partial charge in [-0.25, -0.2) is 9.07 Å². The Kier molecular flexibility index (Phi) is 3.99. The smallest absolute Gasteiger partial charge is 0.165 e. The van der Waals surface area contributed by atoms with Gasteiger partial charge in [-0.1, -0.05) is 19.1 Å². The lowest BCUT2D eigenvalue weighted by atomic mass is 10.1. The van der Waals surface area contributed by atoms with Gasteiger partial charge >= 0.3 is 0 Å². The van der Waals surface area contributed by atoms with Crippen LogP contribution in [0, 0.1) is 5.82 Å². The minimum atomic E-state index is -0.249. The van der Waals surface area contributed by atoms with E-state index in [0.717, 1.165) is 17.9 Å².